The highest BCUT2D eigenvalue weighted by Gasteiger charge is 2.41. The minimum absolute atomic E-state index is 0.162. The number of ether oxygens (including phenoxy) is 3. The van der Waals surface area contributed by atoms with Gasteiger partial charge in [-0.1, -0.05) is 0 Å². The summed E-state index contributed by atoms with van der Waals surface area (Å²) < 4.78 is 53.1. The number of aromatic carboxylic acids is 1. The summed E-state index contributed by atoms with van der Waals surface area (Å²) in [5, 5.41) is 8.88. The van der Waals surface area contributed by atoms with Gasteiger partial charge in [0.2, 0.25) is 5.75 Å². The molecule has 0 heterocycles. The molecule has 19 heavy (non-hydrogen) atoms. The van der Waals surface area contributed by atoms with Crippen LogP contribution in [-0.2, 0) is 6.18 Å². The summed E-state index contributed by atoms with van der Waals surface area (Å²) in [5.41, 5.74) is -2.39. The first-order valence-electron chi connectivity index (χ1n) is 4.91. The molecule has 1 rings (SSSR count). The highest BCUT2D eigenvalue weighted by Crippen LogP contribution is 2.48. The van der Waals surface area contributed by atoms with Crippen LogP contribution in [0.2, 0.25) is 0 Å². The molecule has 0 spiro atoms. The van der Waals surface area contributed by atoms with E-state index in [1.165, 1.54) is 7.11 Å². The molecule has 0 radical (unpaired) electrons. The molecule has 1 aromatic carbocycles. The van der Waals surface area contributed by atoms with Crippen molar-refractivity contribution in [3.05, 3.63) is 17.2 Å². The maximum atomic E-state index is 13.0. The first kappa shape index (κ1) is 14.9. The Morgan fingerprint density at radius 3 is 1.95 bits per heavy atom. The van der Waals surface area contributed by atoms with Crippen LogP contribution in [0.5, 0.6) is 17.2 Å². The summed E-state index contributed by atoms with van der Waals surface area (Å²) in [5.74, 6) is -2.95. The van der Waals surface area contributed by atoms with E-state index in [-0.39, 0.29) is 11.5 Å². The number of methoxy groups -OCH3 is 3. The quantitative estimate of drug-likeness (QED) is 0.917. The van der Waals surface area contributed by atoms with E-state index in [2.05, 4.69) is 4.74 Å². The van der Waals surface area contributed by atoms with Crippen LogP contribution >= 0.6 is 0 Å². The number of rotatable bonds is 4. The molecule has 0 saturated carbocycles. The van der Waals surface area contributed by atoms with Crippen LogP contribution in [0, 0.1) is 0 Å². The third-order valence-electron chi connectivity index (χ3n) is 2.34. The minimum atomic E-state index is -4.90. The zero-order valence-electron chi connectivity index (χ0n) is 10.3. The molecular weight excluding hydrogens is 269 g/mol. The van der Waals surface area contributed by atoms with E-state index in [4.69, 9.17) is 14.6 Å². The topological polar surface area (TPSA) is 65.0 Å². The Bertz CT molecular complexity index is 496. The van der Waals surface area contributed by atoms with Crippen LogP contribution < -0.4 is 14.2 Å². The molecule has 0 aliphatic heterocycles. The Labute approximate surface area is 106 Å². The van der Waals surface area contributed by atoms with Crippen LogP contribution in [0.4, 0.5) is 13.2 Å². The largest absolute Gasteiger partial charge is 0.493 e. The molecule has 0 amide bonds. The van der Waals surface area contributed by atoms with Gasteiger partial charge in [0.15, 0.2) is 11.5 Å². The van der Waals surface area contributed by atoms with Crippen molar-refractivity contribution in [1.29, 1.82) is 0 Å². The second-order valence-electron chi connectivity index (χ2n) is 3.37. The van der Waals surface area contributed by atoms with Gasteiger partial charge in [0.1, 0.15) is 5.56 Å². The summed E-state index contributed by atoms with van der Waals surface area (Å²) in [4.78, 5) is 11.0. The molecular formula is C11H11F3O5. The van der Waals surface area contributed by atoms with Crippen molar-refractivity contribution in [2.24, 2.45) is 0 Å². The van der Waals surface area contributed by atoms with Crippen molar-refractivity contribution >= 4 is 5.97 Å². The van der Waals surface area contributed by atoms with Gasteiger partial charge in [0.05, 0.1) is 26.9 Å². The number of alkyl halides is 3. The molecule has 8 heteroatoms. The Kier molecular flexibility index (Phi) is 4.13. The van der Waals surface area contributed by atoms with Gasteiger partial charge in [-0.2, -0.15) is 13.2 Å². The molecule has 5 nitrogen and oxygen atoms in total. The van der Waals surface area contributed by atoms with Gasteiger partial charge in [-0.3, -0.25) is 0 Å². The predicted octanol–water partition coefficient (Wildman–Crippen LogP) is 2.43. The maximum absolute atomic E-state index is 13.0. The average molecular weight is 280 g/mol. The minimum Gasteiger partial charge on any atom is -0.493 e. The number of carboxylic acids is 1. The summed E-state index contributed by atoms with van der Waals surface area (Å²) >= 11 is 0. The molecule has 0 aromatic heterocycles. The summed E-state index contributed by atoms with van der Waals surface area (Å²) in [6, 6.07) is 0.743. The number of halogens is 3. The van der Waals surface area contributed by atoms with Gasteiger partial charge < -0.3 is 19.3 Å². The Morgan fingerprint density at radius 1 is 1.11 bits per heavy atom. The highest BCUT2D eigenvalue weighted by molar-refractivity contribution is 5.92. The lowest BCUT2D eigenvalue weighted by atomic mass is 10.0. The average Bonchev–Trinajstić information content (AvgIpc) is 2.34. The van der Waals surface area contributed by atoms with Crippen molar-refractivity contribution in [3.63, 3.8) is 0 Å². The third kappa shape index (κ3) is 2.67. The van der Waals surface area contributed by atoms with Crippen LogP contribution in [0.3, 0.4) is 0 Å². The fourth-order valence-electron chi connectivity index (χ4n) is 1.61. The Balaban J connectivity index is 3.80. The van der Waals surface area contributed by atoms with Crippen molar-refractivity contribution in [2.45, 2.75) is 6.18 Å². The number of carboxylic acid groups (broad SMARTS) is 1. The SMILES string of the molecule is COc1cc(C(=O)O)c(C(F)(F)F)c(OC)c1OC. The Hall–Kier alpha value is -2.12. The van der Waals surface area contributed by atoms with Gasteiger partial charge in [-0.05, 0) is 6.07 Å². The van der Waals surface area contributed by atoms with E-state index in [0.717, 1.165) is 20.3 Å². The van der Waals surface area contributed by atoms with Gasteiger partial charge >= 0.3 is 12.1 Å². The van der Waals surface area contributed by atoms with Crippen LogP contribution in [0.1, 0.15) is 15.9 Å². The number of hydrogen-bond acceptors (Lipinski definition) is 4. The monoisotopic (exact) mass is 280 g/mol. The van der Waals surface area contributed by atoms with Gasteiger partial charge in [0.25, 0.3) is 0 Å². The standard InChI is InChI=1S/C11H11F3O5/c1-17-6-4-5(10(15)16)7(11(12,13)14)9(19-3)8(6)18-2/h4H,1-3H3,(H,15,16). The molecule has 0 fully saturated rings. The van der Waals surface area contributed by atoms with Crippen molar-refractivity contribution in [3.8, 4) is 17.2 Å². The highest BCUT2D eigenvalue weighted by atomic mass is 19.4. The summed E-state index contributed by atoms with van der Waals surface area (Å²) in [6.07, 6.45) is -4.90. The van der Waals surface area contributed by atoms with Crippen molar-refractivity contribution < 1.29 is 37.3 Å². The molecule has 1 aromatic rings. The smallest absolute Gasteiger partial charge is 0.420 e. The van der Waals surface area contributed by atoms with Gasteiger partial charge in [0, 0.05) is 0 Å². The Morgan fingerprint density at radius 2 is 1.63 bits per heavy atom. The van der Waals surface area contributed by atoms with E-state index >= 15 is 0 Å². The zero-order valence-corrected chi connectivity index (χ0v) is 10.3. The molecule has 0 atom stereocenters. The van der Waals surface area contributed by atoms with Crippen molar-refractivity contribution in [1.82, 2.24) is 0 Å². The first-order valence-corrected chi connectivity index (χ1v) is 4.91. The fourth-order valence-corrected chi connectivity index (χ4v) is 1.61. The molecule has 1 N–H and O–H groups in total. The lowest BCUT2D eigenvalue weighted by Gasteiger charge is -2.19. The summed E-state index contributed by atoms with van der Waals surface area (Å²) in [6.45, 7) is 0. The number of carbonyl (C=O) groups is 1. The zero-order chi connectivity index (χ0) is 14.8. The lowest BCUT2D eigenvalue weighted by molar-refractivity contribution is -0.139. The summed E-state index contributed by atoms with van der Waals surface area (Å²) in [7, 11) is 3.29. The molecule has 0 bridgehead atoms. The third-order valence-corrected chi connectivity index (χ3v) is 2.34. The molecule has 0 saturated heterocycles. The van der Waals surface area contributed by atoms with Crippen molar-refractivity contribution in [2.75, 3.05) is 21.3 Å². The molecule has 0 aliphatic rings. The second kappa shape index (κ2) is 5.25. The predicted molar refractivity (Wildman–Crippen MR) is 58.1 cm³/mol. The van der Waals surface area contributed by atoms with E-state index in [1.54, 1.807) is 0 Å². The number of hydrogen-bond donors (Lipinski definition) is 1. The van der Waals surface area contributed by atoms with Crippen LogP contribution in [0.15, 0.2) is 6.07 Å². The number of benzene rings is 1. The van der Waals surface area contributed by atoms with Gasteiger partial charge in [-0.15, -0.1) is 0 Å². The van der Waals surface area contributed by atoms with E-state index in [1.807, 2.05) is 0 Å². The first-order chi connectivity index (χ1) is 8.77. The second-order valence-corrected chi connectivity index (χ2v) is 3.37. The van der Waals surface area contributed by atoms with E-state index in [9.17, 15) is 18.0 Å². The maximum Gasteiger partial charge on any atom is 0.420 e. The normalized spacial score (nSPS) is 11.1. The lowest BCUT2D eigenvalue weighted by Crippen LogP contribution is -2.16. The molecule has 106 valence electrons. The van der Waals surface area contributed by atoms with Gasteiger partial charge in [-0.25, -0.2) is 4.79 Å². The van der Waals surface area contributed by atoms with E-state index in [0.29, 0.717) is 0 Å². The molecule has 0 unspecified atom stereocenters. The van der Waals surface area contributed by atoms with Crippen LogP contribution in [0.25, 0.3) is 0 Å². The molecule has 0 aliphatic carbocycles. The fraction of sp³-hybridized carbons (Fsp3) is 0.364. The van der Waals surface area contributed by atoms with Crippen LogP contribution in [-0.4, -0.2) is 32.4 Å². The van der Waals surface area contributed by atoms with E-state index < -0.39 is 29.0 Å².